The van der Waals surface area contributed by atoms with Crippen LogP contribution in [0.15, 0.2) is 12.5 Å². The molecule has 1 aliphatic rings. The van der Waals surface area contributed by atoms with Crippen molar-refractivity contribution in [3.63, 3.8) is 0 Å². The number of methoxy groups -OCH3 is 1. The maximum atomic E-state index is 5.01. The maximum Gasteiger partial charge on any atom is 0.0948 e. The molecule has 1 fully saturated rings. The number of ether oxygens (including phenoxy) is 1. The van der Waals surface area contributed by atoms with E-state index in [1.807, 2.05) is 12.5 Å². The molecule has 0 saturated heterocycles. The van der Waals surface area contributed by atoms with E-state index >= 15 is 0 Å². The summed E-state index contributed by atoms with van der Waals surface area (Å²) in [4.78, 5) is 4.23. The van der Waals surface area contributed by atoms with Gasteiger partial charge in [0, 0.05) is 32.9 Å². The number of nitrogens with zero attached hydrogens (tertiary/aromatic N) is 2. The molecule has 0 spiro atoms. The second-order valence-corrected chi connectivity index (χ2v) is 4.83. The van der Waals surface area contributed by atoms with Crippen LogP contribution in [0.3, 0.4) is 0 Å². The first-order valence-corrected chi connectivity index (χ1v) is 6.59. The molecule has 0 unspecified atom stereocenters. The highest BCUT2D eigenvalue weighted by atomic mass is 16.5. The van der Waals surface area contributed by atoms with Gasteiger partial charge >= 0.3 is 0 Å². The van der Waals surface area contributed by atoms with Gasteiger partial charge in [0.15, 0.2) is 0 Å². The average Bonchev–Trinajstić information content (AvgIpc) is 2.70. The lowest BCUT2D eigenvalue weighted by Gasteiger charge is -2.25. The molecule has 2 rings (SSSR count). The predicted molar refractivity (Wildman–Crippen MR) is 67.8 cm³/mol. The maximum absolute atomic E-state index is 5.01. The van der Waals surface area contributed by atoms with E-state index in [1.165, 1.54) is 31.4 Å². The summed E-state index contributed by atoms with van der Waals surface area (Å²) in [6.45, 7) is 3.65. The molecule has 1 N–H and O–H groups in total. The number of aromatic nitrogens is 2. The van der Waals surface area contributed by atoms with E-state index in [2.05, 4.69) is 14.9 Å². The Morgan fingerprint density at radius 2 is 2.41 bits per heavy atom. The van der Waals surface area contributed by atoms with Crippen molar-refractivity contribution in [2.24, 2.45) is 5.92 Å². The van der Waals surface area contributed by atoms with Crippen molar-refractivity contribution in [3.8, 4) is 0 Å². The first-order valence-electron chi connectivity index (χ1n) is 6.59. The molecule has 0 aliphatic heterocycles. The van der Waals surface area contributed by atoms with Gasteiger partial charge in [-0.25, -0.2) is 4.98 Å². The highest BCUT2D eigenvalue weighted by Gasteiger charge is 2.17. The summed E-state index contributed by atoms with van der Waals surface area (Å²) in [7, 11) is 1.73. The smallest absolute Gasteiger partial charge is 0.0948 e. The molecule has 4 nitrogen and oxygen atoms in total. The molecule has 0 radical (unpaired) electrons. The molecule has 1 aromatic heterocycles. The topological polar surface area (TPSA) is 39.1 Å². The molecule has 0 amide bonds. The molecule has 17 heavy (non-hydrogen) atoms. The summed E-state index contributed by atoms with van der Waals surface area (Å²) in [6, 6.07) is 0. The van der Waals surface area contributed by atoms with E-state index < -0.39 is 0 Å². The van der Waals surface area contributed by atoms with E-state index in [0.717, 1.165) is 32.2 Å². The van der Waals surface area contributed by atoms with Gasteiger partial charge in [-0.15, -0.1) is 0 Å². The second kappa shape index (κ2) is 6.77. The van der Waals surface area contributed by atoms with Crippen molar-refractivity contribution in [2.75, 3.05) is 20.3 Å². The van der Waals surface area contributed by atoms with Crippen LogP contribution < -0.4 is 5.32 Å². The fourth-order valence-corrected chi connectivity index (χ4v) is 2.19. The number of rotatable bonds is 8. The van der Waals surface area contributed by atoms with Gasteiger partial charge in [0.05, 0.1) is 18.6 Å². The second-order valence-electron chi connectivity index (χ2n) is 4.83. The summed E-state index contributed by atoms with van der Waals surface area (Å²) in [5, 5.41) is 3.36. The van der Waals surface area contributed by atoms with Gasteiger partial charge in [-0.2, -0.15) is 0 Å². The molecule has 96 valence electrons. The van der Waals surface area contributed by atoms with Crippen molar-refractivity contribution >= 4 is 0 Å². The van der Waals surface area contributed by atoms with Crippen LogP contribution in [0.5, 0.6) is 0 Å². The Kier molecular flexibility index (Phi) is 5.01. The van der Waals surface area contributed by atoms with Crippen molar-refractivity contribution < 1.29 is 4.74 Å². The van der Waals surface area contributed by atoms with Crippen LogP contribution in [0.2, 0.25) is 0 Å². The number of aryl methyl sites for hydroxylation is 1. The van der Waals surface area contributed by atoms with Gasteiger partial charge in [-0.1, -0.05) is 19.3 Å². The van der Waals surface area contributed by atoms with Crippen LogP contribution in [0.25, 0.3) is 0 Å². The quantitative estimate of drug-likeness (QED) is 0.701. The first-order chi connectivity index (χ1) is 8.40. The number of hydrogen-bond acceptors (Lipinski definition) is 3. The molecule has 0 atom stereocenters. The van der Waals surface area contributed by atoms with Crippen LogP contribution in [-0.4, -0.2) is 29.8 Å². The Morgan fingerprint density at radius 3 is 3.12 bits per heavy atom. The molecule has 0 aromatic carbocycles. The monoisotopic (exact) mass is 237 g/mol. The minimum absolute atomic E-state index is 0.760. The number of hydrogen-bond donors (Lipinski definition) is 1. The van der Waals surface area contributed by atoms with Crippen LogP contribution in [0.1, 0.15) is 31.4 Å². The third-order valence-corrected chi connectivity index (χ3v) is 3.59. The summed E-state index contributed by atoms with van der Waals surface area (Å²) >= 11 is 0. The Balaban J connectivity index is 1.71. The summed E-state index contributed by atoms with van der Waals surface area (Å²) in [5.74, 6) is 0.965. The Morgan fingerprint density at radius 1 is 1.53 bits per heavy atom. The normalized spacial score (nSPS) is 16.1. The Bertz CT molecular complexity index is 320. The van der Waals surface area contributed by atoms with Crippen LogP contribution in [0.4, 0.5) is 0 Å². The summed E-state index contributed by atoms with van der Waals surface area (Å²) in [6.07, 6.45) is 9.50. The fraction of sp³-hybridized carbons (Fsp3) is 0.769. The van der Waals surface area contributed by atoms with Gasteiger partial charge in [0.1, 0.15) is 0 Å². The Hall–Kier alpha value is -0.870. The molecule has 4 heteroatoms. The predicted octanol–water partition coefficient (Wildman–Crippen LogP) is 1.81. The minimum Gasteiger partial charge on any atom is -0.383 e. The van der Waals surface area contributed by atoms with E-state index in [0.29, 0.717) is 0 Å². The van der Waals surface area contributed by atoms with Gasteiger partial charge in [0.2, 0.25) is 0 Å². The minimum atomic E-state index is 0.760. The molecule has 1 saturated carbocycles. The fourth-order valence-electron chi connectivity index (χ4n) is 2.19. The lowest BCUT2D eigenvalue weighted by molar-refractivity contribution is 0.199. The van der Waals surface area contributed by atoms with E-state index in [4.69, 9.17) is 4.74 Å². The van der Waals surface area contributed by atoms with E-state index in [1.54, 1.807) is 7.11 Å². The summed E-state index contributed by atoms with van der Waals surface area (Å²) < 4.78 is 7.28. The zero-order valence-electron chi connectivity index (χ0n) is 10.7. The molecule has 1 heterocycles. The van der Waals surface area contributed by atoms with Crippen LogP contribution in [0, 0.1) is 5.92 Å². The van der Waals surface area contributed by atoms with Crippen molar-refractivity contribution in [1.29, 1.82) is 0 Å². The van der Waals surface area contributed by atoms with Crippen LogP contribution in [-0.2, 0) is 17.8 Å². The first kappa shape index (κ1) is 12.6. The molecule has 0 bridgehead atoms. The molecular formula is C13H23N3O. The third-order valence-electron chi connectivity index (χ3n) is 3.59. The number of nitrogens with one attached hydrogen (secondary N) is 1. The Labute approximate surface area is 103 Å². The standard InChI is InChI=1S/C13H23N3O/c1-17-8-6-14-9-13-10-15-11-16(13)7-5-12-3-2-4-12/h10-12,14H,2-9H2,1H3. The van der Waals surface area contributed by atoms with Gasteiger partial charge < -0.3 is 14.6 Å². The number of imidazole rings is 1. The largest absolute Gasteiger partial charge is 0.383 e. The van der Waals surface area contributed by atoms with Gasteiger partial charge in [-0.3, -0.25) is 0 Å². The van der Waals surface area contributed by atoms with Gasteiger partial charge in [0.25, 0.3) is 0 Å². The van der Waals surface area contributed by atoms with E-state index in [-0.39, 0.29) is 0 Å². The van der Waals surface area contributed by atoms with Crippen molar-refractivity contribution in [1.82, 2.24) is 14.9 Å². The van der Waals surface area contributed by atoms with Crippen LogP contribution >= 0.6 is 0 Å². The molecular weight excluding hydrogens is 214 g/mol. The summed E-state index contributed by atoms with van der Waals surface area (Å²) in [5.41, 5.74) is 1.28. The lowest BCUT2D eigenvalue weighted by Crippen LogP contribution is -2.21. The highest BCUT2D eigenvalue weighted by molar-refractivity contribution is 4.98. The zero-order valence-corrected chi connectivity index (χ0v) is 10.7. The molecule has 1 aromatic rings. The highest BCUT2D eigenvalue weighted by Crippen LogP contribution is 2.29. The zero-order chi connectivity index (χ0) is 11.9. The van der Waals surface area contributed by atoms with E-state index in [9.17, 15) is 0 Å². The SMILES string of the molecule is COCCNCc1cncn1CCC1CCC1. The molecule has 1 aliphatic carbocycles. The van der Waals surface area contributed by atoms with Crippen molar-refractivity contribution in [2.45, 2.75) is 38.8 Å². The lowest BCUT2D eigenvalue weighted by atomic mass is 9.83. The van der Waals surface area contributed by atoms with Crippen molar-refractivity contribution in [3.05, 3.63) is 18.2 Å². The third kappa shape index (κ3) is 3.82. The average molecular weight is 237 g/mol. The van der Waals surface area contributed by atoms with Gasteiger partial charge in [-0.05, 0) is 12.3 Å².